The van der Waals surface area contributed by atoms with E-state index in [0.717, 1.165) is 25.1 Å². The number of hydroxylamine groups is 2. The summed E-state index contributed by atoms with van der Waals surface area (Å²) in [7, 11) is 0. The van der Waals surface area contributed by atoms with Gasteiger partial charge in [0.2, 0.25) is 0 Å². The highest BCUT2D eigenvalue weighted by Gasteiger charge is 2.09. The lowest BCUT2D eigenvalue weighted by molar-refractivity contribution is -0.167. The van der Waals surface area contributed by atoms with Crippen LogP contribution in [0.4, 0.5) is 4.39 Å². The Kier molecular flexibility index (Phi) is 4.31. The number of nitrogens with zero attached hydrogens (tertiary/aromatic N) is 1. The van der Waals surface area contributed by atoms with E-state index in [9.17, 15) is 4.39 Å². The highest BCUT2D eigenvalue weighted by Crippen LogP contribution is 2.09. The van der Waals surface area contributed by atoms with Crippen molar-refractivity contribution in [1.29, 1.82) is 0 Å². The summed E-state index contributed by atoms with van der Waals surface area (Å²) in [5, 5.41) is 2.05. The molecular formula is C13H18FNO. The van der Waals surface area contributed by atoms with E-state index in [2.05, 4.69) is 0 Å². The standard InChI is InChI=1S/C13H18FNO/c14-13-6-4-12(5-7-13)8-11-16-15-9-2-1-3-10-15/h4-7H,1-3,8-11H2. The third-order valence-electron chi connectivity index (χ3n) is 2.89. The molecule has 1 aliphatic heterocycles. The third-order valence-corrected chi connectivity index (χ3v) is 2.89. The SMILES string of the molecule is Fc1ccc(CCON2CCCCC2)cc1. The minimum absolute atomic E-state index is 0.180. The second kappa shape index (κ2) is 5.97. The first kappa shape index (κ1) is 11.6. The largest absolute Gasteiger partial charge is 0.299 e. The molecule has 2 nitrogen and oxygen atoms in total. The first-order valence-electron chi connectivity index (χ1n) is 5.97. The number of piperidine rings is 1. The maximum atomic E-state index is 12.7. The average Bonchev–Trinajstić information content (AvgIpc) is 2.33. The molecule has 0 radical (unpaired) electrons. The summed E-state index contributed by atoms with van der Waals surface area (Å²) in [5.41, 5.74) is 1.12. The van der Waals surface area contributed by atoms with Crippen molar-refractivity contribution >= 4 is 0 Å². The second-order valence-electron chi connectivity index (χ2n) is 4.20. The molecule has 1 aromatic rings. The van der Waals surface area contributed by atoms with Crippen LogP contribution >= 0.6 is 0 Å². The Morgan fingerprint density at radius 1 is 1.06 bits per heavy atom. The molecule has 0 N–H and O–H groups in total. The fourth-order valence-electron chi connectivity index (χ4n) is 1.94. The Bertz CT molecular complexity index is 306. The maximum Gasteiger partial charge on any atom is 0.123 e. The highest BCUT2D eigenvalue weighted by atomic mass is 19.1. The maximum absolute atomic E-state index is 12.7. The van der Waals surface area contributed by atoms with Gasteiger partial charge in [-0.25, -0.2) is 4.39 Å². The summed E-state index contributed by atoms with van der Waals surface area (Å²) < 4.78 is 12.7. The van der Waals surface area contributed by atoms with Crippen molar-refractivity contribution in [2.75, 3.05) is 19.7 Å². The van der Waals surface area contributed by atoms with Crippen LogP contribution in [0, 0.1) is 5.82 Å². The Morgan fingerprint density at radius 3 is 2.44 bits per heavy atom. The predicted octanol–water partition coefficient (Wildman–Crippen LogP) is 2.79. The van der Waals surface area contributed by atoms with E-state index < -0.39 is 0 Å². The van der Waals surface area contributed by atoms with Crippen molar-refractivity contribution in [3.05, 3.63) is 35.6 Å². The molecule has 0 amide bonds. The molecular weight excluding hydrogens is 205 g/mol. The summed E-state index contributed by atoms with van der Waals surface area (Å²) >= 11 is 0. The topological polar surface area (TPSA) is 12.5 Å². The summed E-state index contributed by atoms with van der Waals surface area (Å²) in [6, 6.07) is 6.62. The molecule has 1 heterocycles. The number of benzene rings is 1. The normalized spacial score (nSPS) is 17.6. The van der Waals surface area contributed by atoms with Crippen LogP contribution in [-0.4, -0.2) is 24.8 Å². The molecule has 2 rings (SSSR count). The zero-order chi connectivity index (χ0) is 11.2. The van der Waals surface area contributed by atoms with Crippen LogP contribution in [0.5, 0.6) is 0 Å². The molecule has 16 heavy (non-hydrogen) atoms. The van der Waals surface area contributed by atoms with Crippen molar-refractivity contribution in [3.8, 4) is 0 Å². The third kappa shape index (κ3) is 3.58. The van der Waals surface area contributed by atoms with Gasteiger partial charge in [0, 0.05) is 13.1 Å². The molecule has 0 spiro atoms. The number of halogens is 1. The summed E-state index contributed by atoms with van der Waals surface area (Å²) in [5.74, 6) is -0.180. The van der Waals surface area contributed by atoms with E-state index in [4.69, 9.17) is 4.84 Å². The van der Waals surface area contributed by atoms with Gasteiger partial charge in [-0.1, -0.05) is 18.6 Å². The lowest BCUT2D eigenvalue weighted by atomic mass is 10.1. The van der Waals surface area contributed by atoms with Crippen molar-refractivity contribution in [1.82, 2.24) is 5.06 Å². The zero-order valence-corrected chi connectivity index (χ0v) is 9.49. The van der Waals surface area contributed by atoms with Crippen LogP contribution in [0.3, 0.4) is 0 Å². The summed E-state index contributed by atoms with van der Waals surface area (Å²) in [6.07, 6.45) is 4.63. The molecule has 1 aliphatic rings. The zero-order valence-electron chi connectivity index (χ0n) is 9.49. The minimum Gasteiger partial charge on any atom is -0.299 e. The van der Waals surface area contributed by atoms with Gasteiger partial charge in [0.25, 0.3) is 0 Å². The molecule has 1 fully saturated rings. The van der Waals surface area contributed by atoms with E-state index in [0.29, 0.717) is 6.61 Å². The molecule has 0 unspecified atom stereocenters. The van der Waals surface area contributed by atoms with Crippen molar-refractivity contribution in [2.45, 2.75) is 25.7 Å². The van der Waals surface area contributed by atoms with E-state index >= 15 is 0 Å². The van der Waals surface area contributed by atoms with Crippen molar-refractivity contribution in [3.63, 3.8) is 0 Å². The Balaban J connectivity index is 1.69. The Labute approximate surface area is 96.0 Å². The van der Waals surface area contributed by atoms with Gasteiger partial charge in [0.15, 0.2) is 0 Å². The fraction of sp³-hybridized carbons (Fsp3) is 0.538. The smallest absolute Gasteiger partial charge is 0.123 e. The lowest BCUT2D eigenvalue weighted by Gasteiger charge is -2.25. The van der Waals surface area contributed by atoms with Crippen LogP contribution in [-0.2, 0) is 11.3 Å². The van der Waals surface area contributed by atoms with E-state index in [1.165, 1.54) is 31.4 Å². The van der Waals surface area contributed by atoms with Crippen LogP contribution in [0.25, 0.3) is 0 Å². The summed E-state index contributed by atoms with van der Waals surface area (Å²) in [4.78, 5) is 5.66. The van der Waals surface area contributed by atoms with Gasteiger partial charge in [-0.05, 0) is 37.0 Å². The van der Waals surface area contributed by atoms with Gasteiger partial charge in [-0.2, -0.15) is 5.06 Å². The molecule has 1 aromatic carbocycles. The van der Waals surface area contributed by atoms with Crippen molar-refractivity contribution in [2.24, 2.45) is 0 Å². The molecule has 0 atom stereocenters. The van der Waals surface area contributed by atoms with Gasteiger partial charge < -0.3 is 0 Å². The Morgan fingerprint density at radius 2 is 1.75 bits per heavy atom. The minimum atomic E-state index is -0.180. The molecule has 88 valence electrons. The van der Waals surface area contributed by atoms with Gasteiger partial charge in [-0.3, -0.25) is 4.84 Å². The van der Waals surface area contributed by atoms with Crippen LogP contribution in [0.2, 0.25) is 0 Å². The van der Waals surface area contributed by atoms with Crippen LogP contribution in [0.1, 0.15) is 24.8 Å². The number of rotatable bonds is 4. The number of hydrogen-bond donors (Lipinski definition) is 0. The van der Waals surface area contributed by atoms with Gasteiger partial charge in [-0.15, -0.1) is 0 Å². The molecule has 0 aromatic heterocycles. The monoisotopic (exact) mass is 223 g/mol. The van der Waals surface area contributed by atoms with E-state index in [1.54, 1.807) is 0 Å². The second-order valence-corrected chi connectivity index (χ2v) is 4.20. The number of hydrogen-bond acceptors (Lipinski definition) is 2. The average molecular weight is 223 g/mol. The van der Waals surface area contributed by atoms with Crippen LogP contribution < -0.4 is 0 Å². The van der Waals surface area contributed by atoms with E-state index in [1.807, 2.05) is 17.2 Å². The fourth-order valence-corrected chi connectivity index (χ4v) is 1.94. The molecule has 0 saturated carbocycles. The van der Waals surface area contributed by atoms with Gasteiger partial charge in [0.05, 0.1) is 6.61 Å². The first-order chi connectivity index (χ1) is 7.84. The first-order valence-corrected chi connectivity index (χ1v) is 5.97. The molecule has 0 bridgehead atoms. The predicted molar refractivity (Wildman–Crippen MR) is 61.5 cm³/mol. The highest BCUT2D eigenvalue weighted by molar-refractivity contribution is 5.15. The van der Waals surface area contributed by atoms with Gasteiger partial charge >= 0.3 is 0 Å². The molecule has 3 heteroatoms. The molecule has 1 saturated heterocycles. The van der Waals surface area contributed by atoms with Gasteiger partial charge in [0.1, 0.15) is 5.82 Å². The lowest BCUT2D eigenvalue weighted by Crippen LogP contribution is -2.30. The summed E-state index contributed by atoms with van der Waals surface area (Å²) in [6.45, 7) is 2.78. The van der Waals surface area contributed by atoms with E-state index in [-0.39, 0.29) is 5.82 Å². The van der Waals surface area contributed by atoms with Crippen LogP contribution in [0.15, 0.2) is 24.3 Å². The Hall–Kier alpha value is -0.930. The molecule has 0 aliphatic carbocycles. The quantitative estimate of drug-likeness (QED) is 0.778. The van der Waals surface area contributed by atoms with Crippen molar-refractivity contribution < 1.29 is 9.23 Å².